The minimum atomic E-state index is 0.493. The smallest absolute Gasteiger partial charge is 0.125 e. The molecule has 1 aliphatic rings. The summed E-state index contributed by atoms with van der Waals surface area (Å²) in [4.78, 5) is 7.15. The van der Waals surface area contributed by atoms with E-state index in [2.05, 4.69) is 64.7 Å². The fourth-order valence-corrected chi connectivity index (χ4v) is 3.40. The second-order valence-corrected chi connectivity index (χ2v) is 6.14. The van der Waals surface area contributed by atoms with Gasteiger partial charge in [0.15, 0.2) is 0 Å². The lowest BCUT2D eigenvalue weighted by molar-refractivity contribution is 0.139. The number of aryl methyl sites for hydroxylation is 1. The lowest BCUT2D eigenvalue weighted by atomic mass is 9.93. The Hall–Kier alpha value is -1.87. The number of piperidine rings is 1. The highest BCUT2D eigenvalue weighted by Crippen LogP contribution is 2.34. The molecule has 3 nitrogen and oxygen atoms in total. The summed E-state index contributed by atoms with van der Waals surface area (Å²) in [5.74, 6) is 0.951. The molecule has 1 atom stereocenters. The van der Waals surface area contributed by atoms with Gasteiger partial charge in [-0.15, -0.1) is 0 Å². The van der Waals surface area contributed by atoms with E-state index in [0.29, 0.717) is 6.04 Å². The first-order valence-corrected chi connectivity index (χ1v) is 8.20. The standard InChI is InChI=1S/C19H25N3/c1-15-12-19(20-2)21-13-17(15)18-10-6-7-11-22(18)14-16-8-4-3-5-9-16/h3-5,8-9,12-13,18H,6-7,10-11,14H2,1-2H3,(H,20,21)/t18-/m1/s1. The van der Waals surface area contributed by atoms with Crippen LogP contribution in [0.3, 0.4) is 0 Å². The van der Waals surface area contributed by atoms with Crippen LogP contribution in [0.5, 0.6) is 0 Å². The Bertz CT molecular complexity index is 609. The molecule has 1 aromatic carbocycles. The quantitative estimate of drug-likeness (QED) is 0.918. The molecule has 0 bridgehead atoms. The second-order valence-electron chi connectivity index (χ2n) is 6.14. The molecule has 1 aliphatic heterocycles. The second kappa shape index (κ2) is 6.93. The van der Waals surface area contributed by atoms with Gasteiger partial charge in [-0.1, -0.05) is 36.8 Å². The SMILES string of the molecule is CNc1cc(C)c([C@H]2CCCCN2Cc2ccccc2)cn1. The van der Waals surface area contributed by atoms with Crippen LogP contribution in [0.15, 0.2) is 42.6 Å². The number of pyridine rings is 1. The maximum Gasteiger partial charge on any atom is 0.125 e. The summed E-state index contributed by atoms with van der Waals surface area (Å²) in [6.07, 6.45) is 5.90. The molecule has 22 heavy (non-hydrogen) atoms. The van der Waals surface area contributed by atoms with Gasteiger partial charge in [0.25, 0.3) is 0 Å². The van der Waals surface area contributed by atoms with Crippen molar-refractivity contribution in [2.24, 2.45) is 0 Å². The number of nitrogens with one attached hydrogen (secondary N) is 1. The first kappa shape index (κ1) is 15.0. The first-order chi connectivity index (χ1) is 10.8. The van der Waals surface area contributed by atoms with Gasteiger partial charge in [-0.2, -0.15) is 0 Å². The lowest BCUT2D eigenvalue weighted by Gasteiger charge is -2.36. The van der Waals surface area contributed by atoms with Gasteiger partial charge in [-0.05, 0) is 49.1 Å². The van der Waals surface area contributed by atoms with Crippen LogP contribution >= 0.6 is 0 Å². The molecule has 0 unspecified atom stereocenters. The van der Waals surface area contributed by atoms with Crippen LogP contribution in [0, 0.1) is 6.92 Å². The molecule has 0 saturated carbocycles. The van der Waals surface area contributed by atoms with E-state index in [9.17, 15) is 0 Å². The van der Waals surface area contributed by atoms with E-state index in [-0.39, 0.29) is 0 Å². The monoisotopic (exact) mass is 295 g/mol. The largest absolute Gasteiger partial charge is 0.373 e. The Morgan fingerprint density at radius 2 is 2.05 bits per heavy atom. The van der Waals surface area contributed by atoms with Crippen molar-refractivity contribution in [3.05, 3.63) is 59.3 Å². The molecule has 3 rings (SSSR count). The molecule has 116 valence electrons. The van der Waals surface area contributed by atoms with E-state index < -0.39 is 0 Å². The predicted octanol–water partition coefficient (Wildman–Crippen LogP) is 4.16. The number of anilines is 1. The van der Waals surface area contributed by atoms with Crippen molar-refractivity contribution in [1.29, 1.82) is 0 Å². The Balaban J connectivity index is 1.83. The van der Waals surface area contributed by atoms with Crippen molar-refractivity contribution in [3.8, 4) is 0 Å². The maximum atomic E-state index is 4.54. The van der Waals surface area contributed by atoms with Gasteiger partial charge < -0.3 is 5.32 Å². The summed E-state index contributed by atoms with van der Waals surface area (Å²) in [5, 5.41) is 3.12. The molecule has 1 N–H and O–H groups in total. The van der Waals surface area contributed by atoms with E-state index >= 15 is 0 Å². The van der Waals surface area contributed by atoms with Gasteiger partial charge in [-0.25, -0.2) is 4.98 Å². The first-order valence-electron chi connectivity index (χ1n) is 8.20. The highest BCUT2D eigenvalue weighted by molar-refractivity contribution is 5.41. The zero-order valence-electron chi connectivity index (χ0n) is 13.5. The Morgan fingerprint density at radius 3 is 2.77 bits per heavy atom. The number of benzene rings is 1. The van der Waals surface area contributed by atoms with Crippen LogP contribution < -0.4 is 5.32 Å². The molecule has 1 aromatic heterocycles. The molecule has 0 aliphatic carbocycles. The van der Waals surface area contributed by atoms with Gasteiger partial charge in [0.1, 0.15) is 5.82 Å². The average molecular weight is 295 g/mol. The Morgan fingerprint density at radius 1 is 1.23 bits per heavy atom. The average Bonchev–Trinajstić information content (AvgIpc) is 2.56. The molecule has 1 saturated heterocycles. The normalized spacial score (nSPS) is 19.1. The number of likely N-dealkylation sites (tertiary alicyclic amines) is 1. The zero-order chi connectivity index (χ0) is 15.4. The van der Waals surface area contributed by atoms with Crippen molar-refractivity contribution in [1.82, 2.24) is 9.88 Å². The minimum absolute atomic E-state index is 0.493. The van der Waals surface area contributed by atoms with Crippen molar-refractivity contribution < 1.29 is 0 Å². The highest BCUT2D eigenvalue weighted by atomic mass is 15.2. The molecular weight excluding hydrogens is 270 g/mol. The third-order valence-corrected chi connectivity index (χ3v) is 4.61. The van der Waals surface area contributed by atoms with Crippen LogP contribution in [0.1, 0.15) is 42.0 Å². The Kier molecular flexibility index (Phi) is 4.74. The lowest BCUT2D eigenvalue weighted by Crippen LogP contribution is -2.33. The third-order valence-electron chi connectivity index (χ3n) is 4.61. The van der Waals surface area contributed by atoms with Crippen LogP contribution in [0.2, 0.25) is 0 Å². The molecule has 2 heterocycles. The van der Waals surface area contributed by atoms with Crippen LogP contribution in [-0.2, 0) is 6.54 Å². The molecule has 2 aromatic rings. The van der Waals surface area contributed by atoms with Gasteiger partial charge in [0.2, 0.25) is 0 Å². The van der Waals surface area contributed by atoms with Gasteiger partial charge >= 0.3 is 0 Å². The number of rotatable bonds is 4. The molecule has 1 fully saturated rings. The van der Waals surface area contributed by atoms with E-state index in [4.69, 9.17) is 0 Å². The van der Waals surface area contributed by atoms with E-state index in [1.165, 1.54) is 42.5 Å². The fraction of sp³-hybridized carbons (Fsp3) is 0.421. The fourth-order valence-electron chi connectivity index (χ4n) is 3.40. The summed E-state index contributed by atoms with van der Waals surface area (Å²) in [7, 11) is 1.92. The van der Waals surface area contributed by atoms with Crippen LogP contribution in [0.25, 0.3) is 0 Å². The van der Waals surface area contributed by atoms with Crippen molar-refractivity contribution >= 4 is 5.82 Å². The van der Waals surface area contributed by atoms with Crippen molar-refractivity contribution in [2.75, 3.05) is 18.9 Å². The van der Waals surface area contributed by atoms with Gasteiger partial charge in [0.05, 0.1) is 0 Å². The number of aromatic nitrogens is 1. The van der Waals surface area contributed by atoms with Gasteiger partial charge in [0, 0.05) is 25.8 Å². The van der Waals surface area contributed by atoms with Crippen molar-refractivity contribution in [2.45, 2.75) is 38.8 Å². The minimum Gasteiger partial charge on any atom is -0.373 e. The van der Waals surface area contributed by atoms with E-state index in [1.54, 1.807) is 0 Å². The molecule has 0 spiro atoms. The summed E-state index contributed by atoms with van der Waals surface area (Å²) >= 11 is 0. The molecule has 0 amide bonds. The number of nitrogens with zero attached hydrogens (tertiary/aromatic N) is 2. The maximum absolute atomic E-state index is 4.54. The van der Waals surface area contributed by atoms with Crippen molar-refractivity contribution in [3.63, 3.8) is 0 Å². The summed E-state index contributed by atoms with van der Waals surface area (Å²) in [6.45, 7) is 4.40. The summed E-state index contributed by atoms with van der Waals surface area (Å²) in [5.41, 5.74) is 4.12. The van der Waals surface area contributed by atoms with E-state index in [0.717, 1.165) is 12.4 Å². The van der Waals surface area contributed by atoms with Gasteiger partial charge in [-0.3, -0.25) is 4.90 Å². The Labute approximate surface area is 133 Å². The zero-order valence-corrected chi connectivity index (χ0v) is 13.5. The molecule has 0 radical (unpaired) electrons. The topological polar surface area (TPSA) is 28.2 Å². The number of hydrogen-bond acceptors (Lipinski definition) is 3. The molecule has 3 heteroatoms. The van der Waals surface area contributed by atoms with Crippen LogP contribution in [-0.4, -0.2) is 23.5 Å². The third kappa shape index (κ3) is 3.30. The summed E-state index contributed by atoms with van der Waals surface area (Å²) < 4.78 is 0. The predicted molar refractivity (Wildman–Crippen MR) is 92.0 cm³/mol. The highest BCUT2D eigenvalue weighted by Gasteiger charge is 2.25. The number of hydrogen-bond donors (Lipinski definition) is 1. The van der Waals surface area contributed by atoms with Crippen LogP contribution in [0.4, 0.5) is 5.82 Å². The summed E-state index contributed by atoms with van der Waals surface area (Å²) in [6, 6.07) is 13.4. The molecular formula is C19H25N3. The van der Waals surface area contributed by atoms with E-state index in [1.807, 2.05) is 7.05 Å².